The minimum absolute atomic E-state index is 0.0567. The molecule has 27 heavy (non-hydrogen) atoms. The van der Waals surface area contributed by atoms with Gasteiger partial charge in [0.2, 0.25) is 5.96 Å². The number of hydrogen-bond donors (Lipinski definition) is 2. The molecular formula is C20H19N5O2. The molecule has 136 valence electrons. The minimum Gasteiger partial charge on any atom is -0.485 e. The summed E-state index contributed by atoms with van der Waals surface area (Å²) in [6.45, 7) is 3.49. The molecule has 0 saturated heterocycles. The molecule has 3 rings (SSSR count). The Bertz CT molecular complexity index is 957. The van der Waals surface area contributed by atoms with Gasteiger partial charge in [-0.3, -0.25) is 0 Å². The largest absolute Gasteiger partial charge is 0.485 e. The van der Waals surface area contributed by atoms with E-state index in [1.165, 1.54) is 4.90 Å². The molecule has 7 heteroatoms. The molecule has 0 bridgehead atoms. The van der Waals surface area contributed by atoms with Crippen molar-refractivity contribution >= 4 is 11.6 Å². The van der Waals surface area contributed by atoms with E-state index in [1.54, 1.807) is 56.3 Å². The van der Waals surface area contributed by atoms with Gasteiger partial charge in [-0.2, -0.15) is 10.5 Å². The van der Waals surface area contributed by atoms with Crippen LogP contribution < -0.4 is 15.4 Å². The van der Waals surface area contributed by atoms with Gasteiger partial charge in [0.15, 0.2) is 6.19 Å². The van der Waals surface area contributed by atoms with Crippen molar-refractivity contribution in [1.82, 2.24) is 0 Å². The molecule has 1 heterocycles. The zero-order valence-electron chi connectivity index (χ0n) is 15.0. The fraction of sp³-hybridized carbons (Fsp3) is 0.250. The van der Waals surface area contributed by atoms with Crippen LogP contribution in [0.2, 0.25) is 0 Å². The summed E-state index contributed by atoms with van der Waals surface area (Å²) in [5, 5.41) is 29.5. The number of nitriles is 2. The Morgan fingerprint density at radius 3 is 2.56 bits per heavy atom. The first-order valence-electron chi connectivity index (χ1n) is 8.36. The third-order valence-corrected chi connectivity index (χ3v) is 4.46. The van der Waals surface area contributed by atoms with Crippen LogP contribution in [-0.4, -0.2) is 22.8 Å². The van der Waals surface area contributed by atoms with Crippen LogP contribution in [0.15, 0.2) is 53.5 Å². The van der Waals surface area contributed by atoms with Gasteiger partial charge in [-0.1, -0.05) is 18.2 Å². The smallest absolute Gasteiger partial charge is 0.210 e. The number of anilines is 1. The number of nitrogens with two attached hydrogens (primary N) is 1. The number of ether oxygens (including phenoxy) is 1. The number of rotatable bonds is 2. The topological polar surface area (TPSA) is 119 Å². The van der Waals surface area contributed by atoms with Crippen molar-refractivity contribution in [2.45, 2.75) is 31.6 Å². The Kier molecular flexibility index (Phi) is 4.72. The highest BCUT2D eigenvalue weighted by Crippen LogP contribution is 2.42. The van der Waals surface area contributed by atoms with Gasteiger partial charge in [-0.05, 0) is 44.2 Å². The molecule has 0 radical (unpaired) electrons. The van der Waals surface area contributed by atoms with Gasteiger partial charge in [-0.15, -0.1) is 0 Å². The summed E-state index contributed by atoms with van der Waals surface area (Å²) in [7, 11) is 0. The Labute approximate surface area is 157 Å². The Morgan fingerprint density at radius 2 is 1.93 bits per heavy atom. The first-order valence-corrected chi connectivity index (χ1v) is 8.36. The van der Waals surface area contributed by atoms with Gasteiger partial charge < -0.3 is 15.6 Å². The zero-order chi connectivity index (χ0) is 19.6. The maximum atomic E-state index is 10.8. The molecular weight excluding hydrogens is 342 g/mol. The first-order chi connectivity index (χ1) is 12.9. The van der Waals surface area contributed by atoms with E-state index in [4.69, 9.17) is 10.5 Å². The predicted molar refractivity (Wildman–Crippen MR) is 101 cm³/mol. The number of aliphatic hydroxyl groups is 1. The summed E-state index contributed by atoms with van der Waals surface area (Å²) in [5.41, 5.74) is 6.72. The zero-order valence-corrected chi connectivity index (χ0v) is 15.0. The molecule has 0 spiro atoms. The Hall–Kier alpha value is -3.55. The van der Waals surface area contributed by atoms with Crippen LogP contribution in [0.3, 0.4) is 0 Å². The van der Waals surface area contributed by atoms with E-state index in [2.05, 4.69) is 11.1 Å². The van der Waals surface area contributed by atoms with Crippen molar-refractivity contribution in [2.24, 2.45) is 10.7 Å². The van der Waals surface area contributed by atoms with Gasteiger partial charge in [-0.25, -0.2) is 9.89 Å². The number of fused-ring (bicyclic) bond motifs is 1. The lowest BCUT2D eigenvalue weighted by Crippen LogP contribution is -2.49. The first kappa shape index (κ1) is 18.2. The van der Waals surface area contributed by atoms with Crippen LogP contribution in [0.4, 0.5) is 5.69 Å². The Balaban J connectivity index is 2.08. The van der Waals surface area contributed by atoms with Gasteiger partial charge in [0.05, 0.1) is 17.3 Å². The molecule has 0 amide bonds. The van der Waals surface area contributed by atoms with Crippen molar-refractivity contribution in [2.75, 3.05) is 4.90 Å². The molecule has 7 nitrogen and oxygen atoms in total. The maximum Gasteiger partial charge on any atom is 0.210 e. The van der Waals surface area contributed by atoms with Crippen LogP contribution in [0.25, 0.3) is 0 Å². The average Bonchev–Trinajstić information content (AvgIpc) is 2.66. The quantitative estimate of drug-likeness (QED) is 0.367. The van der Waals surface area contributed by atoms with Crippen LogP contribution in [-0.2, 0) is 0 Å². The predicted octanol–water partition coefficient (Wildman–Crippen LogP) is 2.43. The molecule has 0 unspecified atom stereocenters. The minimum atomic E-state index is -1.02. The van der Waals surface area contributed by atoms with Crippen molar-refractivity contribution < 1.29 is 9.84 Å². The molecule has 2 atom stereocenters. The molecule has 0 aliphatic carbocycles. The van der Waals surface area contributed by atoms with E-state index in [0.717, 1.165) is 0 Å². The van der Waals surface area contributed by atoms with E-state index in [-0.39, 0.29) is 5.96 Å². The average molecular weight is 361 g/mol. The second kappa shape index (κ2) is 6.99. The number of aliphatic imine (C=N–C) groups is 1. The monoisotopic (exact) mass is 361 g/mol. The SMILES string of the molecule is CC1(C)Oc2ccc(C#N)cc2[C@H](N=C(N)N(C#N)c2ccccc2)[C@H]1O. The van der Waals surface area contributed by atoms with Gasteiger partial charge in [0, 0.05) is 5.56 Å². The van der Waals surface area contributed by atoms with Crippen molar-refractivity contribution in [1.29, 1.82) is 10.5 Å². The normalized spacial score (nSPS) is 20.6. The van der Waals surface area contributed by atoms with Crippen molar-refractivity contribution in [3.8, 4) is 18.0 Å². The Morgan fingerprint density at radius 1 is 1.22 bits per heavy atom. The summed E-state index contributed by atoms with van der Waals surface area (Å²) >= 11 is 0. The highest BCUT2D eigenvalue weighted by atomic mass is 16.5. The van der Waals surface area contributed by atoms with Crippen LogP contribution in [0.1, 0.15) is 31.0 Å². The summed E-state index contributed by atoms with van der Waals surface area (Å²) in [6.07, 6.45) is 0.982. The lowest BCUT2D eigenvalue weighted by atomic mass is 9.86. The number of hydrogen-bond acceptors (Lipinski definition) is 5. The second-order valence-corrected chi connectivity index (χ2v) is 6.72. The molecule has 0 saturated carbocycles. The lowest BCUT2D eigenvalue weighted by Gasteiger charge is -2.40. The molecule has 0 fully saturated rings. The molecule has 2 aromatic carbocycles. The summed E-state index contributed by atoms with van der Waals surface area (Å²) in [5.74, 6) is 0.466. The summed E-state index contributed by atoms with van der Waals surface area (Å²) in [4.78, 5) is 5.62. The lowest BCUT2D eigenvalue weighted by molar-refractivity contribution is -0.0567. The molecule has 1 aliphatic rings. The summed E-state index contributed by atoms with van der Waals surface area (Å²) < 4.78 is 5.87. The molecule has 0 aromatic heterocycles. The van der Waals surface area contributed by atoms with Gasteiger partial charge in [0.1, 0.15) is 23.5 Å². The van der Waals surface area contributed by atoms with E-state index in [0.29, 0.717) is 22.6 Å². The highest BCUT2D eigenvalue weighted by molar-refractivity contribution is 5.97. The number of nitrogens with zero attached hydrogens (tertiary/aromatic N) is 4. The van der Waals surface area contributed by atoms with E-state index in [1.807, 2.05) is 12.3 Å². The van der Waals surface area contributed by atoms with Crippen molar-refractivity contribution in [3.63, 3.8) is 0 Å². The molecule has 1 aliphatic heterocycles. The molecule has 3 N–H and O–H groups in total. The third kappa shape index (κ3) is 3.41. The fourth-order valence-corrected chi connectivity index (χ4v) is 2.99. The third-order valence-electron chi connectivity index (χ3n) is 4.46. The van der Waals surface area contributed by atoms with Crippen molar-refractivity contribution in [3.05, 3.63) is 59.7 Å². The number of benzene rings is 2. The second-order valence-electron chi connectivity index (χ2n) is 6.72. The number of aliphatic hydroxyl groups excluding tert-OH is 1. The van der Waals surface area contributed by atoms with E-state index in [9.17, 15) is 15.6 Å². The van der Waals surface area contributed by atoms with Crippen LogP contribution >= 0.6 is 0 Å². The number of guanidine groups is 1. The van der Waals surface area contributed by atoms with Crippen LogP contribution in [0, 0.1) is 22.8 Å². The van der Waals surface area contributed by atoms with Crippen LogP contribution in [0.5, 0.6) is 5.75 Å². The highest BCUT2D eigenvalue weighted by Gasteiger charge is 2.43. The maximum absolute atomic E-state index is 10.8. The van der Waals surface area contributed by atoms with Gasteiger partial charge in [0.25, 0.3) is 0 Å². The fourth-order valence-electron chi connectivity index (χ4n) is 2.99. The van der Waals surface area contributed by atoms with E-state index < -0.39 is 17.7 Å². The summed E-state index contributed by atoms with van der Waals surface area (Å²) in [6, 6.07) is 15.1. The standard InChI is InChI=1S/C20H19N5O2/c1-20(2)18(26)17(15-10-13(11-21)8-9-16(15)27-20)24-19(23)25(12-22)14-6-4-3-5-7-14/h3-10,17-18,26H,1-2H3,(H2,23,24)/t17-,18+/m0/s1. The molecule has 2 aromatic rings. The van der Waals surface area contributed by atoms with Gasteiger partial charge >= 0.3 is 0 Å². The number of para-hydroxylation sites is 1. The van der Waals surface area contributed by atoms with E-state index >= 15 is 0 Å².